The molecule has 0 amide bonds. The van der Waals surface area contributed by atoms with Crippen molar-refractivity contribution in [3.05, 3.63) is 275 Å². The maximum absolute atomic E-state index is 14.7. The summed E-state index contributed by atoms with van der Waals surface area (Å²) in [6, 6.07) is 77.7. The Morgan fingerprint density at radius 3 is 0.590 bits per heavy atom. The highest BCUT2D eigenvalue weighted by molar-refractivity contribution is 7.99. The van der Waals surface area contributed by atoms with Gasteiger partial charge in [-0.3, -0.25) is 9.59 Å². The third-order valence-electron chi connectivity index (χ3n) is 11.3. The third-order valence-corrected chi connectivity index (χ3v) is 12.3. The van der Waals surface area contributed by atoms with E-state index in [2.05, 4.69) is 72.8 Å². The normalized spacial score (nSPS) is 14.1. The summed E-state index contributed by atoms with van der Waals surface area (Å²) in [6.45, 7) is 0. The van der Waals surface area contributed by atoms with E-state index >= 15 is 0 Å². The highest BCUT2D eigenvalue weighted by Gasteiger charge is 2.37. The van der Waals surface area contributed by atoms with E-state index in [0.717, 1.165) is 87.7 Å². The fourth-order valence-electron chi connectivity index (χ4n) is 8.60. The van der Waals surface area contributed by atoms with Crippen molar-refractivity contribution in [3.8, 4) is 0 Å². The molecule has 0 radical (unpaired) electrons. The molecule has 0 heterocycles. The average Bonchev–Trinajstić information content (AvgIpc) is 3.82. The van der Waals surface area contributed by atoms with Gasteiger partial charge in [0.05, 0.1) is 0 Å². The van der Waals surface area contributed by atoms with E-state index in [9.17, 15) is 9.59 Å². The van der Waals surface area contributed by atoms with Crippen LogP contribution in [0.25, 0.3) is 44.6 Å². The molecule has 0 fully saturated rings. The highest BCUT2D eigenvalue weighted by Crippen LogP contribution is 2.51. The predicted molar refractivity (Wildman–Crippen MR) is 253 cm³/mol. The zero-order valence-corrected chi connectivity index (χ0v) is 34.0. The van der Waals surface area contributed by atoms with Gasteiger partial charge in [0.15, 0.2) is 11.6 Å². The van der Waals surface area contributed by atoms with Gasteiger partial charge in [0.1, 0.15) is 0 Å². The second-order valence-electron chi connectivity index (χ2n) is 15.0. The zero-order chi connectivity index (χ0) is 41.1. The molecule has 3 heteroatoms. The molecule has 10 rings (SSSR count). The van der Waals surface area contributed by atoms with Crippen LogP contribution in [0.3, 0.4) is 0 Å². The van der Waals surface area contributed by atoms with Gasteiger partial charge in [-0.2, -0.15) is 0 Å². The quantitative estimate of drug-likeness (QED) is 0.138. The molecular formula is C58H38O2S. The molecule has 61 heavy (non-hydrogen) atoms. The van der Waals surface area contributed by atoms with E-state index in [4.69, 9.17) is 0 Å². The molecule has 2 nitrogen and oxygen atoms in total. The zero-order valence-electron chi connectivity index (χ0n) is 33.2. The SMILES string of the molecule is O=C1C(c2ccccc2)=C(c2ccccc2)C(c2ccc(Sc3ccc(C4=C(c5ccccc5)C(=O)C(c5ccccc5)=C4c4ccccc4)cc3)cc2)=C1c1ccccc1. The molecule has 0 atom stereocenters. The van der Waals surface area contributed by atoms with Crippen LogP contribution in [-0.4, -0.2) is 11.6 Å². The number of rotatable bonds is 10. The maximum Gasteiger partial charge on any atom is 0.195 e. The number of hydrogen-bond donors (Lipinski definition) is 0. The van der Waals surface area contributed by atoms with Gasteiger partial charge in [-0.05, 0) is 68.8 Å². The Bertz CT molecular complexity index is 2820. The standard InChI is InChI=1S/C58H38O2S/c59-57-53(41-23-11-3-12-24-41)49(39-19-7-1-8-20-39)51(55(57)43-27-15-5-16-28-43)45-31-35-47(36-32-45)61-48-37-33-46(34-38-48)52-50(40-21-9-2-10-22-40)54(42-25-13-4-14-26-42)58(60)56(52)44-29-17-6-18-30-44/h1-38H. The minimum Gasteiger partial charge on any atom is -0.289 e. The minimum absolute atomic E-state index is 0.0282. The molecule has 0 N–H and O–H groups in total. The number of ketones is 2. The van der Waals surface area contributed by atoms with Crippen LogP contribution >= 0.6 is 11.8 Å². The molecular weight excluding hydrogens is 761 g/mol. The topological polar surface area (TPSA) is 34.1 Å². The monoisotopic (exact) mass is 798 g/mol. The fourth-order valence-corrected chi connectivity index (χ4v) is 9.42. The van der Waals surface area contributed by atoms with Gasteiger partial charge in [0.2, 0.25) is 0 Å². The van der Waals surface area contributed by atoms with E-state index in [0.29, 0.717) is 11.1 Å². The number of hydrogen-bond acceptors (Lipinski definition) is 3. The van der Waals surface area contributed by atoms with Crippen molar-refractivity contribution in [1.29, 1.82) is 0 Å². The lowest BCUT2D eigenvalue weighted by molar-refractivity contribution is -0.109. The molecule has 2 aliphatic rings. The molecule has 0 spiro atoms. The van der Waals surface area contributed by atoms with Crippen LogP contribution in [0.2, 0.25) is 0 Å². The van der Waals surface area contributed by atoms with Crippen molar-refractivity contribution >= 4 is 67.9 Å². The Morgan fingerprint density at radius 2 is 0.377 bits per heavy atom. The Morgan fingerprint density at radius 1 is 0.197 bits per heavy atom. The second-order valence-corrected chi connectivity index (χ2v) is 16.2. The Hall–Kier alpha value is -7.59. The summed E-state index contributed by atoms with van der Waals surface area (Å²) in [4.78, 5) is 31.5. The van der Waals surface area contributed by atoms with E-state index in [1.165, 1.54) is 0 Å². The lowest BCUT2D eigenvalue weighted by atomic mass is 9.89. The first-order chi connectivity index (χ1) is 30.1. The lowest BCUT2D eigenvalue weighted by Crippen LogP contribution is -2.01. The molecule has 0 bridgehead atoms. The summed E-state index contributed by atoms with van der Waals surface area (Å²) >= 11 is 1.68. The van der Waals surface area contributed by atoms with Crippen LogP contribution in [0.5, 0.6) is 0 Å². The molecule has 2 aliphatic carbocycles. The summed E-state index contributed by atoms with van der Waals surface area (Å²) in [7, 11) is 0. The first-order valence-corrected chi connectivity index (χ1v) is 21.2. The molecule has 0 aliphatic heterocycles. The Balaban J connectivity index is 1.03. The smallest absolute Gasteiger partial charge is 0.195 e. The number of allylic oxidation sites excluding steroid dienone is 8. The molecule has 0 saturated carbocycles. The molecule has 0 unspecified atom stereocenters. The average molecular weight is 799 g/mol. The van der Waals surface area contributed by atoms with Crippen molar-refractivity contribution in [2.75, 3.05) is 0 Å². The van der Waals surface area contributed by atoms with Crippen LogP contribution < -0.4 is 0 Å². The van der Waals surface area contributed by atoms with Crippen molar-refractivity contribution in [3.63, 3.8) is 0 Å². The molecule has 0 aromatic heterocycles. The molecule has 8 aromatic rings. The van der Waals surface area contributed by atoms with Crippen molar-refractivity contribution in [1.82, 2.24) is 0 Å². The maximum atomic E-state index is 14.7. The Labute approximate surface area is 360 Å². The summed E-state index contributed by atoms with van der Waals surface area (Å²) in [5.41, 5.74) is 14.2. The number of carbonyl (C=O) groups is 2. The number of carbonyl (C=O) groups excluding carboxylic acids is 2. The van der Waals surface area contributed by atoms with Crippen LogP contribution in [0.4, 0.5) is 0 Å². The van der Waals surface area contributed by atoms with Crippen LogP contribution in [0, 0.1) is 0 Å². The summed E-state index contributed by atoms with van der Waals surface area (Å²) in [5, 5.41) is 0. The summed E-state index contributed by atoms with van der Waals surface area (Å²) in [6.07, 6.45) is 0. The van der Waals surface area contributed by atoms with Crippen LogP contribution in [0.15, 0.2) is 240 Å². The van der Waals surface area contributed by atoms with Crippen LogP contribution in [0.1, 0.15) is 44.5 Å². The van der Waals surface area contributed by atoms with Crippen molar-refractivity contribution in [2.24, 2.45) is 0 Å². The largest absolute Gasteiger partial charge is 0.289 e. The molecule has 0 saturated heterocycles. The predicted octanol–water partition coefficient (Wildman–Crippen LogP) is 14.0. The van der Waals surface area contributed by atoms with Gasteiger partial charge < -0.3 is 0 Å². The second kappa shape index (κ2) is 16.6. The third kappa shape index (κ3) is 7.16. The van der Waals surface area contributed by atoms with Crippen molar-refractivity contribution in [2.45, 2.75) is 9.79 Å². The first-order valence-electron chi connectivity index (χ1n) is 20.4. The summed E-state index contributed by atoms with van der Waals surface area (Å²) in [5.74, 6) is 0.0564. The first kappa shape index (κ1) is 37.7. The van der Waals surface area contributed by atoms with E-state index in [1.54, 1.807) is 11.8 Å². The lowest BCUT2D eigenvalue weighted by Gasteiger charge is -2.15. The van der Waals surface area contributed by atoms with Gasteiger partial charge in [0, 0.05) is 54.4 Å². The molecule has 288 valence electrons. The van der Waals surface area contributed by atoms with Gasteiger partial charge in [-0.1, -0.05) is 218 Å². The van der Waals surface area contributed by atoms with Gasteiger partial charge in [-0.25, -0.2) is 0 Å². The van der Waals surface area contributed by atoms with E-state index in [1.807, 2.05) is 158 Å². The number of benzene rings is 8. The highest BCUT2D eigenvalue weighted by atomic mass is 32.2. The van der Waals surface area contributed by atoms with Crippen molar-refractivity contribution < 1.29 is 9.59 Å². The summed E-state index contributed by atoms with van der Waals surface area (Å²) < 4.78 is 0. The van der Waals surface area contributed by atoms with Gasteiger partial charge in [-0.15, -0.1) is 0 Å². The number of Topliss-reactive ketones (excluding diaryl/α,β-unsaturated/α-hetero) is 2. The fraction of sp³-hybridized carbons (Fsp3) is 0. The van der Waals surface area contributed by atoms with Crippen LogP contribution in [-0.2, 0) is 9.59 Å². The van der Waals surface area contributed by atoms with E-state index in [-0.39, 0.29) is 11.6 Å². The Kier molecular flexibility index (Phi) is 10.2. The minimum atomic E-state index is 0.0282. The van der Waals surface area contributed by atoms with E-state index < -0.39 is 0 Å². The van der Waals surface area contributed by atoms with Gasteiger partial charge in [0.25, 0.3) is 0 Å². The van der Waals surface area contributed by atoms with Gasteiger partial charge >= 0.3 is 0 Å². The molecule has 8 aromatic carbocycles.